The second kappa shape index (κ2) is 7.32. The molecule has 0 saturated carbocycles. The molecule has 0 aromatic heterocycles. The highest BCUT2D eigenvalue weighted by atomic mass is 32.2. The number of fused-ring (bicyclic) bond motifs is 1. The molecule has 3 heterocycles. The van der Waals surface area contributed by atoms with Gasteiger partial charge in [0.15, 0.2) is 0 Å². The topological polar surface area (TPSA) is 98.7 Å². The van der Waals surface area contributed by atoms with Gasteiger partial charge < -0.3 is 20.6 Å². The molecule has 1 aromatic carbocycles. The maximum Gasteiger partial charge on any atom is 0.244 e. The first kappa shape index (κ1) is 20.2. The monoisotopic (exact) mass is 417 g/mol. The fourth-order valence-corrected chi connectivity index (χ4v) is 7.87. The fraction of sp³-hybridized carbons (Fsp3) is 0.571. The zero-order valence-electron chi connectivity index (χ0n) is 16.7. The number of amides is 3. The maximum atomic E-state index is 13.4. The Morgan fingerprint density at radius 2 is 1.97 bits per heavy atom. The van der Waals surface area contributed by atoms with Crippen LogP contribution >= 0.6 is 11.8 Å². The maximum absolute atomic E-state index is 13.4. The lowest BCUT2D eigenvalue weighted by Crippen LogP contribution is -2.54. The van der Waals surface area contributed by atoms with Gasteiger partial charge in [0.25, 0.3) is 0 Å². The highest BCUT2D eigenvalue weighted by Crippen LogP contribution is 2.71. The molecule has 5 atom stereocenters. The molecule has 3 fully saturated rings. The van der Waals surface area contributed by atoms with Gasteiger partial charge in [0, 0.05) is 24.9 Å². The molecular formula is C21H27N3O4S. The van der Waals surface area contributed by atoms with Crippen LogP contribution in [0.4, 0.5) is 0 Å². The van der Waals surface area contributed by atoms with Crippen molar-refractivity contribution >= 4 is 29.5 Å². The number of hydrogen-bond donors (Lipinski definition) is 3. The largest absolute Gasteiger partial charge is 0.395 e. The minimum Gasteiger partial charge on any atom is -0.395 e. The summed E-state index contributed by atoms with van der Waals surface area (Å²) in [6.45, 7) is 2.29. The average Bonchev–Trinajstić information content (AvgIpc) is 3.28. The Kier molecular flexibility index (Phi) is 5.11. The van der Waals surface area contributed by atoms with E-state index >= 15 is 0 Å². The lowest BCUT2D eigenvalue weighted by molar-refractivity contribution is -0.140. The van der Waals surface area contributed by atoms with Crippen LogP contribution < -0.4 is 10.6 Å². The normalized spacial score (nSPS) is 34.9. The van der Waals surface area contributed by atoms with Crippen LogP contribution in [0.2, 0.25) is 0 Å². The van der Waals surface area contributed by atoms with E-state index in [0.717, 1.165) is 12.0 Å². The molecule has 2 bridgehead atoms. The predicted octanol–water partition coefficient (Wildman–Crippen LogP) is 0.522. The molecule has 3 amide bonds. The fourth-order valence-electron chi connectivity index (χ4n) is 5.51. The summed E-state index contributed by atoms with van der Waals surface area (Å²) in [5.74, 6) is -1.55. The molecule has 156 valence electrons. The summed E-state index contributed by atoms with van der Waals surface area (Å²) < 4.78 is -0.983. The van der Waals surface area contributed by atoms with Crippen LogP contribution in [-0.4, -0.2) is 63.5 Å². The summed E-state index contributed by atoms with van der Waals surface area (Å²) in [6, 6.07) is 8.93. The van der Waals surface area contributed by atoms with Crippen LogP contribution in [0.25, 0.3) is 0 Å². The Bertz CT molecular complexity index is 834. The number of carbonyl (C=O) groups excluding carboxylic acids is 3. The van der Waals surface area contributed by atoms with Gasteiger partial charge in [-0.05, 0) is 25.3 Å². The number of aliphatic hydroxyl groups is 1. The van der Waals surface area contributed by atoms with Gasteiger partial charge in [0.2, 0.25) is 17.7 Å². The van der Waals surface area contributed by atoms with Gasteiger partial charge >= 0.3 is 0 Å². The molecule has 4 rings (SSSR count). The number of rotatable bonds is 6. The van der Waals surface area contributed by atoms with Crippen molar-refractivity contribution in [3.63, 3.8) is 0 Å². The Labute approximate surface area is 174 Å². The van der Waals surface area contributed by atoms with Crippen LogP contribution in [0, 0.1) is 11.8 Å². The standard InChI is InChI=1S/C21H27N3O4S/c1-20-8-9-21(29-20)15(14(20)17(26)22-2)19(28)24(10-11-25)16(21)18(27)23-12-13-6-4-3-5-7-13/h3-7,14-16,25H,8-12H2,1-2H3,(H,22,26)(H,23,27)/t14-,15+,16?,20+,21?/m1/s1. The van der Waals surface area contributed by atoms with E-state index in [1.807, 2.05) is 37.3 Å². The van der Waals surface area contributed by atoms with Crippen LogP contribution in [0.5, 0.6) is 0 Å². The van der Waals surface area contributed by atoms with Gasteiger partial charge in [-0.1, -0.05) is 30.3 Å². The molecule has 3 aliphatic rings. The van der Waals surface area contributed by atoms with Gasteiger partial charge in [0.1, 0.15) is 6.04 Å². The second-order valence-electron chi connectivity index (χ2n) is 8.30. The number of aliphatic hydroxyl groups excluding tert-OH is 1. The van der Waals surface area contributed by atoms with E-state index in [9.17, 15) is 19.5 Å². The van der Waals surface area contributed by atoms with Crippen molar-refractivity contribution in [1.29, 1.82) is 0 Å². The Hall–Kier alpha value is -2.06. The zero-order valence-corrected chi connectivity index (χ0v) is 17.5. The third-order valence-corrected chi connectivity index (χ3v) is 8.69. The first-order valence-corrected chi connectivity index (χ1v) is 10.8. The highest BCUT2D eigenvalue weighted by Gasteiger charge is 2.76. The summed E-state index contributed by atoms with van der Waals surface area (Å²) in [7, 11) is 1.59. The van der Waals surface area contributed by atoms with Crippen molar-refractivity contribution in [2.45, 2.75) is 41.8 Å². The van der Waals surface area contributed by atoms with Gasteiger partial charge in [-0.25, -0.2) is 0 Å². The summed E-state index contributed by atoms with van der Waals surface area (Å²) in [6.07, 6.45) is 1.50. The lowest BCUT2D eigenvalue weighted by atomic mass is 9.66. The molecule has 8 heteroatoms. The molecule has 3 saturated heterocycles. The van der Waals surface area contributed by atoms with E-state index in [-0.39, 0.29) is 35.6 Å². The molecule has 1 spiro atoms. The second-order valence-corrected chi connectivity index (χ2v) is 10.2. The molecular weight excluding hydrogens is 390 g/mol. The molecule has 0 aliphatic carbocycles. The van der Waals surface area contributed by atoms with Gasteiger partial charge in [-0.15, -0.1) is 11.8 Å². The molecule has 3 N–H and O–H groups in total. The van der Waals surface area contributed by atoms with Crippen molar-refractivity contribution in [2.24, 2.45) is 11.8 Å². The minimum atomic E-state index is -0.683. The number of thioether (sulfide) groups is 1. The number of β-amino-alcohol motifs (C(OH)–C–C–N with tert-alkyl or cyclic N) is 1. The minimum absolute atomic E-state index is 0.0955. The molecule has 29 heavy (non-hydrogen) atoms. The van der Waals surface area contributed by atoms with Crippen LogP contribution in [0.15, 0.2) is 30.3 Å². The SMILES string of the molecule is CNC(=O)[C@H]1[C@H]2C(=O)N(CCO)C(C(=O)NCc3ccccc3)C23CC[C@]1(C)S3. The highest BCUT2D eigenvalue weighted by molar-refractivity contribution is 8.02. The molecule has 1 aromatic rings. The smallest absolute Gasteiger partial charge is 0.244 e. The number of hydrogen-bond acceptors (Lipinski definition) is 5. The number of likely N-dealkylation sites (tertiary alicyclic amines) is 1. The molecule has 7 nitrogen and oxygen atoms in total. The van der Waals surface area contributed by atoms with E-state index in [1.165, 1.54) is 4.90 Å². The van der Waals surface area contributed by atoms with Crippen molar-refractivity contribution in [1.82, 2.24) is 15.5 Å². The van der Waals surface area contributed by atoms with E-state index in [0.29, 0.717) is 13.0 Å². The zero-order chi connectivity index (χ0) is 20.8. The molecule has 3 aliphatic heterocycles. The van der Waals surface area contributed by atoms with Crippen LogP contribution in [-0.2, 0) is 20.9 Å². The summed E-state index contributed by atoms with van der Waals surface area (Å²) in [5, 5.41) is 15.2. The van der Waals surface area contributed by atoms with E-state index in [1.54, 1.807) is 18.8 Å². The van der Waals surface area contributed by atoms with E-state index < -0.39 is 22.6 Å². The average molecular weight is 418 g/mol. The molecule has 0 radical (unpaired) electrons. The van der Waals surface area contributed by atoms with Crippen LogP contribution in [0.1, 0.15) is 25.3 Å². The first-order valence-electron chi connectivity index (χ1n) is 10.0. The number of nitrogens with one attached hydrogen (secondary N) is 2. The van der Waals surface area contributed by atoms with Gasteiger partial charge in [-0.2, -0.15) is 0 Å². The van der Waals surface area contributed by atoms with Crippen molar-refractivity contribution in [3.8, 4) is 0 Å². The predicted molar refractivity (Wildman–Crippen MR) is 110 cm³/mol. The van der Waals surface area contributed by atoms with Crippen molar-refractivity contribution < 1.29 is 19.5 Å². The lowest BCUT2D eigenvalue weighted by Gasteiger charge is -2.34. The molecule has 2 unspecified atom stereocenters. The third-order valence-electron chi connectivity index (χ3n) is 6.70. The summed E-state index contributed by atoms with van der Waals surface area (Å²) in [5.41, 5.74) is 0.978. The quantitative estimate of drug-likeness (QED) is 0.627. The summed E-state index contributed by atoms with van der Waals surface area (Å²) in [4.78, 5) is 40.9. The summed E-state index contributed by atoms with van der Waals surface area (Å²) >= 11 is 1.63. The number of benzene rings is 1. The Morgan fingerprint density at radius 1 is 1.24 bits per heavy atom. The third kappa shape index (κ3) is 2.95. The van der Waals surface area contributed by atoms with E-state index in [2.05, 4.69) is 10.6 Å². The van der Waals surface area contributed by atoms with E-state index in [4.69, 9.17) is 0 Å². The Morgan fingerprint density at radius 3 is 2.62 bits per heavy atom. The van der Waals surface area contributed by atoms with Gasteiger partial charge in [0.05, 0.1) is 23.2 Å². The first-order chi connectivity index (χ1) is 13.9. The van der Waals surface area contributed by atoms with Crippen LogP contribution in [0.3, 0.4) is 0 Å². The van der Waals surface area contributed by atoms with Crippen molar-refractivity contribution in [2.75, 3.05) is 20.2 Å². The number of nitrogens with zero attached hydrogens (tertiary/aromatic N) is 1. The Balaban J connectivity index is 1.66. The van der Waals surface area contributed by atoms with Gasteiger partial charge in [-0.3, -0.25) is 14.4 Å². The van der Waals surface area contributed by atoms with Crippen molar-refractivity contribution in [3.05, 3.63) is 35.9 Å². The number of carbonyl (C=O) groups is 3.